The molecule has 0 saturated carbocycles. The summed E-state index contributed by atoms with van der Waals surface area (Å²) in [6.07, 6.45) is 2.29. The van der Waals surface area contributed by atoms with E-state index >= 15 is 0 Å². The summed E-state index contributed by atoms with van der Waals surface area (Å²) in [5, 5.41) is 3.68. The molecule has 3 rings (SSSR count). The van der Waals surface area contributed by atoms with Crippen molar-refractivity contribution in [2.45, 2.75) is 19.4 Å². The maximum atomic E-state index is 6.25. The second-order valence-corrected chi connectivity index (χ2v) is 6.73. The average Bonchev–Trinajstić information content (AvgIpc) is 2.75. The molecule has 0 atom stereocenters. The van der Waals surface area contributed by atoms with Crippen molar-refractivity contribution in [2.24, 2.45) is 0 Å². The maximum absolute atomic E-state index is 6.25. The summed E-state index contributed by atoms with van der Waals surface area (Å²) in [5.74, 6) is 0. The summed E-state index contributed by atoms with van der Waals surface area (Å²) in [6, 6.07) is 8.04. The van der Waals surface area contributed by atoms with Gasteiger partial charge in [-0.3, -0.25) is 4.90 Å². The van der Waals surface area contributed by atoms with E-state index in [-0.39, 0.29) is 0 Å². The van der Waals surface area contributed by atoms with Gasteiger partial charge in [-0.25, -0.2) is 0 Å². The highest BCUT2D eigenvalue weighted by molar-refractivity contribution is 7.10. The van der Waals surface area contributed by atoms with Gasteiger partial charge in [-0.05, 0) is 47.5 Å². The van der Waals surface area contributed by atoms with Gasteiger partial charge in [-0.2, -0.15) is 0 Å². The van der Waals surface area contributed by atoms with Crippen LogP contribution in [0.1, 0.15) is 16.0 Å². The molecule has 0 unspecified atom stereocenters. The molecule has 2 aromatic rings. The van der Waals surface area contributed by atoms with E-state index in [1.54, 1.807) is 4.88 Å². The van der Waals surface area contributed by atoms with Crippen molar-refractivity contribution in [3.63, 3.8) is 0 Å². The summed E-state index contributed by atoms with van der Waals surface area (Å²) in [6.45, 7) is 3.11. The molecule has 0 radical (unpaired) electrons. The molecule has 2 heterocycles. The third-order valence-corrected chi connectivity index (χ3v) is 5.21. The van der Waals surface area contributed by atoms with Gasteiger partial charge in [0.15, 0.2) is 0 Å². The fourth-order valence-electron chi connectivity index (χ4n) is 2.51. The number of halogens is 2. The number of rotatable bonds is 2. The predicted octanol–water partition coefficient (Wildman–Crippen LogP) is 4.66. The minimum absolute atomic E-state index is 0.701. The molecule has 0 aliphatic carbocycles. The van der Waals surface area contributed by atoms with E-state index in [0.29, 0.717) is 5.02 Å². The van der Waals surface area contributed by atoms with Crippen LogP contribution >= 0.6 is 34.5 Å². The second kappa shape index (κ2) is 5.84. The summed E-state index contributed by atoms with van der Waals surface area (Å²) in [4.78, 5) is 4.02. The molecule has 19 heavy (non-hydrogen) atoms. The van der Waals surface area contributed by atoms with Crippen LogP contribution in [0.5, 0.6) is 0 Å². The number of hydrogen-bond acceptors (Lipinski definition) is 2. The van der Waals surface area contributed by atoms with E-state index in [9.17, 15) is 0 Å². The zero-order chi connectivity index (χ0) is 13.2. The van der Waals surface area contributed by atoms with Crippen molar-refractivity contribution in [1.82, 2.24) is 4.90 Å². The van der Waals surface area contributed by atoms with Crippen LogP contribution in [0.2, 0.25) is 10.0 Å². The van der Waals surface area contributed by atoms with Crippen molar-refractivity contribution in [1.29, 1.82) is 0 Å². The van der Waals surface area contributed by atoms with E-state index in [2.05, 4.69) is 16.3 Å². The molecule has 0 N–H and O–H groups in total. The third-order valence-electron chi connectivity index (χ3n) is 3.60. The summed E-state index contributed by atoms with van der Waals surface area (Å²) in [7, 11) is 0. The lowest BCUT2D eigenvalue weighted by Crippen LogP contribution is -2.26. The number of fused-ring (bicyclic) bond motifs is 1. The fraction of sp³-hybridized carbons (Fsp3) is 0.333. The van der Waals surface area contributed by atoms with Crippen molar-refractivity contribution >= 4 is 34.5 Å². The van der Waals surface area contributed by atoms with Crippen LogP contribution in [0.4, 0.5) is 0 Å². The summed E-state index contributed by atoms with van der Waals surface area (Å²) >= 11 is 14.1. The summed E-state index contributed by atoms with van der Waals surface area (Å²) < 4.78 is 0. The van der Waals surface area contributed by atoms with E-state index in [0.717, 1.165) is 43.1 Å². The molecular weight excluding hydrogens is 297 g/mol. The monoisotopic (exact) mass is 311 g/mol. The lowest BCUT2D eigenvalue weighted by atomic mass is 10.2. The molecule has 1 aliphatic rings. The molecule has 1 aromatic carbocycles. The van der Waals surface area contributed by atoms with Gasteiger partial charge in [0.1, 0.15) is 0 Å². The van der Waals surface area contributed by atoms with Gasteiger partial charge in [0.25, 0.3) is 0 Å². The van der Waals surface area contributed by atoms with Crippen LogP contribution in [0.25, 0.3) is 0 Å². The predicted molar refractivity (Wildman–Crippen MR) is 83.5 cm³/mol. The SMILES string of the molecule is Clc1ccc(CN2CCc3ccsc3CC2)c(Cl)c1. The lowest BCUT2D eigenvalue weighted by molar-refractivity contribution is 0.279. The van der Waals surface area contributed by atoms with Gasteiger partial charge in [0.2, 0.25) is 0 Å². The number of benzene rings is 1. The molecule has 1 nitrogen and oxygen atoms in total. The molecular formula is C15H15Cl2NS. The topological polar surface area (TPSA) is 3.24 Å². The summed E-state index contributed by atoms with van der Waals surface area (Å²) in [5.41, 5.74) is 2.69. The Morgan fingerprint density at radius 2 is 1.95 bits per heavy atom. The van der Waals surface area contributed by atoms with Gasteiger partial charge in [-0.1, -0.05) is 29.3 Å². The van der Waals surface area contributed by atoms with Crippen LogP contribution in [0.3, 0.4) is 0 Å². The zero-order valence-corrected chi connectivity index (χ0v) is 12.9. The minimum Gasteiger partial charge on any atom is -0.298 e. The number of thiophene rings is 1. The molecule has 1 aromatic heterocycles. The Balaban J connectivity index is 1.69. The van der Waals surface area contributed by atoms with Crippen LogP contribution in [-0.2, 0) is 19.4 Å². The molecule has 0 spiro atoms. The first-order valence-electron chi connectivity index (χ1n) is 6.44. The van der Waals surface area contributed by atoms with E-state index < -0.39 is 0 Å². The maximum Gasteiger partial charge on any atom is 0.0465 e. The Labute approximate surface area is 127 Å². The van der Waals surface area contributed by atoms with E-state index in [1.807, 2.05) is 29.5 Å². The highest BCUT2D eigenvalue weighted by atomic mass is 35.5. The Bertz CT molecular complexity index is 557. The van der Waals surface area contributed by atoms with E-state index in [4.69, 9.17) is 23.2 Å². The van der Waals surface area contributed by atoms with Crippen LogP contribution in [0, 0.1) is 0 Å². The molecule has 0 bridgehead atoms. The quantitative estimate of drug-likeness (QED) is 0.780. The third kappa shape index (κ3) is 3.14. The van der Waals surface area contributed by atoms with Crippen molar-refractivity contribution in [3.05, 3.63) is 55.7 Å². The molecule has 100 valence electrons. The highest BCUT2D eigenvalue weighted by Gasteiger charge is 2.15. The number of hydrogen-bond donors (Lipinski definition) is 0. The van der Waals surface area contributed by atoms with Crippen LogP contribution in [-0.4, -0.2) is 18.0 Å². The standard InChI is InChI=1S/C15H15Cl2NS/c16-13-2-1-12(14(17)9-13)10-18-6-3-11-5-8-19-15(11)4-7-18/h1-2,5,8-9H,3-4,6-7,10H2. The van der Waals surface area contributed by atoms with Crippen molar-refractivity contribution in [3.8, 4) is 0 Å². The normalized spacial score (nSPS) is 16.1. The highest BCUT2D eigenvalue weighted by Crippen LogP contribution is 2.25. The van der Waals surface area contributed by atoms with Crippen LogP contribution < -0.4 is 0 Å². The number of nitrogens with zero attached hydrogens (tertiary/aromatic N) is 1. The fourth-order valence-corrected chi connectivity index (χ4v) is 3.90. The molecule has 1 aliphatic heterocycles. The first-order valence-corrected chi connectivity index (χ1v) is 8.07. The van der Waals surface area contributed by atoms with Crippen molar-refractivity contribution in [2.75, 3.05) is 13.1 Å². The van der Waals surface area contributed by atoms with Gasteiger partial charge < -0.3 is 0 Å². The largest absolute Gasteiger partial charge is 0.298 e. The second-order valence-electron chi connectivity index (χ2n) is 4.88. The Morgan fingerprint density at radius 1 is 1.11 bits per heavy atom. The van der Waals surface area contributed by atoms with E-state index in [1.165, 1.54) is 5.56 Å². The minimum atomic E-state index is 0.701. The molecule has 4 heteroatoms. The zero-order valence-electron chi connectivity index (χ0n) is 10.5. The lowest BCUT2D eigenvalue weighted by Gasteiger charge is -2.20. The Hall–Kier alpha value is -0.540. The average molecular weight is 312 g/mol. The molecule has 0 amide bonds. The Kier molecular flexibility index (Phi) is 4.13. The van der Waals surface area contributed by atoms with Crippen molar-refractivity contribution < 1.29 is 0 Å². The molecule has 0 saturated heterocycles. The van der Waals surface area contributed by atoms with Gasteiger partial charge in [0, 0.05) is 34.6 Å². The van der Waals surface area contributed by atoms with Gasteiger partial charge in [-0.15, -0.1) is 11.3 Å². The Morgan fingerprint density at radius 3 is 2.79 bits per heavy atom. The first kappa shape index (κ1) is 13.4. The van der Waals surface area contributed by atoms with Gasteiger partial charge >= 0.3 is 0 Å². The first-order chi connectivity index (χ1) is 9.22. The molecule has 0 fully saturated rings. The van der Waals surface area contributed by atoms with Gasteiger partial charge in [0.05, 0.1) is 0 Å². The smallest absolute Gasteiger partial charge is 0.0465 e. The van der Waals surface area contributed by atoms with Crippen LogP contribution in [0.15, 0.2) is 29.6 Å².